The fourth-order valence-electron chi connectivity index (χ4n) is 2.78. The van der Waals surface area contributed by atoms with Crippen LogP contribution in [0.15, 0.2) is 24.3 Å². The second-order valence-electron chi connectivity index (χ2n) is 5.15. The molecule has 19 heavy (non-hydrogen) atoms. The number of halogens is 1. The average Bonchev–Trinajstić information content (AvgIpc) is 2.41. The summed E-state index contributed by atoms with van der Waals surface area (Å²) in [7, 11) is -1.27. The van der Waals surface area contributed by atoms with E-state index in [0.29, 0.717) is 5.02 Å². The van der Waals surface area contributed by atoms with E-state index in [0.717, 1.165) is 31.2 Å². The number of rotatable bonds is 4. The molecule has 2 rings (SSSR count). The standard InChI is InChI=1S/C14H20ClNO2S/c1-16-13-4-2-3-5-14(13)19(17,18)10-11-6-8-12(15)9-7-11/h6-9,13-14,16H,2-5,10H2,1H3. The van der Waals surface area contributed by atoms with Gasteiger partial charge in [0.2, 0.25) is 0 Å². The molecule has 0 spiro atoms. The van der Waals surface area contributed by atoms with Crippen molar-refractivity contribution >= 4 is 21.4 Å². The third-order valence-electron chi connectivity index (χ3n) is 3.82. The molecule has 1 aliphatic rings. The van der Waals surface area contributed by atoms with Gasteiger partial charge in [0, 0.05) is 11.1 Å². The van der Waals surface area contributed by atoms with E-state index in [1.54, 1.807) is 24.3 Å². The molecule has 2 unspecified atom stereocenters. The number of hydrogen-bond acceptors (Lipinski definition) is 3. The highest BCUT2D eigenvalue weighted by Crippen LogP contribution is 2.27. The Hall–Kier alpha value is -0.580. The quantitative estimate of drug-likeness (QED) is 0.930. The van der Waals surface area contributed by atoms with Crippen LogP contribution in [-0.4, -0.2) is 26.8 Å². The van der Waals surface area contributed by atoms with Crippen LogP contribution in [0.2, 0.25) is 5.02 Å². The van der Waals surface area contributed by atoms with Gasteiger partial charge in [0.15, 0.2) is 9.84 Å². The van der Waals surface area contributed by atoms with Crippen LogP contribution in [0.5, 0.6) is 0 Å². The van der Waals surface area contributed by atoms with E-state index >= 15 is 0 Å². The first kappa shape index (κ1) is 14.8. The maximum atomic E-state index is 12.5. The van der Waals surface area contributed by atoms with Gasteiger partial charge in [0.1, 0.15) is 0 Å². The normalized spacial score (nSPS) is 24.3. The van der Waals surface area contributed by atoms with Gasteiger partial charge < -0.3 is 5.32 Å². The first-order valence-corrected chi connectivity index (χ1v) is 8.75. The van der Waals surface area contributed by atoms with E-state index in [2.05, 4.69) is 5.32 Å². The first-order valence-electron chi connectivity index (χ1n) is 6.66. The van der Waals surface area contributed by atoms with Crippen molar-refractivity contribution in [2.45, 2.75) is 42.7 Å². The zero-order valence-corrected chi connectivity index (χ0v) is 12.7. The Morgan fingerprint density at radius 2 is 1.84 bits per heavy atom. The maximum absolute atomic E-state index is 12.5. The van der Waals surface area contributed by atoms with E-state index < -0.39 is 9.84 Å². The molecular weight excluding hydrogens is 282 g/mol. The molecule has 1 N–H and O–H groups in total. The molecule has 106 valence electrons. The summed E-state index contributed by atoms with van der Waals surface area (Å²) < 4.78 is 25.1. The summed E-state index contributed by atoms with van der Waals surface area (Å²) in [5, 5.41) is 3.52. The van der Waals surface area contributed by atoms with Crippen LogP contribution in [0.1, 0.15) is 31.2 Å². The van der Waals surface area contributed by atoms with Crippen molar-refractivity contribution in [2.75, 3.05) is 7.05 Å². The van der Waals surface area contributed by atoms with Gasteiger partial charge in [-0.1, -0.05) is 36.6 Å². The van der Waals surface area contributed by atoms with E-state index in [9.17, 15) is 8.42 Å². The summed E-state index contributed by atoms with van der Waals surface area (Å²) in [6, 6.07) is 7.14. The van der Waals surface area contributed by atoms with Crippen molar-refractivity contribution in [3.63, 3.8) is 0 Å². The van der Waals surface area contributed by atoms with Crippen molar-refractivity contribution in [3.8, 4) is 0 Å². The molecule has 0 radical (unpaired) electrons. The van der Waals surface area contributed by atoms with E-state index in [4.69, 9.17) is 11.6 Å². The van der Waals surface area contributed by atoms with E-state index in [-0.39, 0.29) is 17.0 Å². The Bertz CT molecular complexity index is 513. The second kappa shape index (κ2) is 6.25. The number of nitrogens with one attached hydrogen (secondary N) is 1. The van der Waals surface area contributed by atoms with Gasteiger partial charge in [-0.3, -0.25) is 0 Å². The smallest absolute Gasteiger partial charge is 0.158 e. The lowest BCUT2D eigenvalue weighted by Crippen LogP contribution is -2.45. The minimum atomic E-state index is -3.12. The number of benzene rings is 1. The van der Waals surface area contributed by atoms with Gasteiger partial charge in [-0.25, -0.2) is 8.42 Å². The number of sulfone groups is 1. The molecule has 0 bridgehead atoms. The molecule has 0 amide bonds. The zero-order chi connectivity index (χ0) is 13.9. The SMILES string of the molecule is CNC1CCCCC1S(=O)(=O)Cc1ccc(Cl)cc1. The van der Waals surface area contributed by atoms with Crippen LogP contribution >= 0.6 is 11.6 Å². The van der Waals surface area contributed by atoms with Gasteiger partial charge in [0.25, 0.3) is 0 Å². The zero-order valence-electron chi connectivity index (χ0n) is 11.1. The minimum absolute atomic E-state index is 0.0889. The number of hydrogen-bond donors (Lipinski definition) is 1. The van der Waals surface area contributed by atoms with Gasteiger partial charge in [-0.05, 0) is 37.6 Å². The third kappa shape index (κ3) is 3.71. The van der Waals surface area contributed by atoms with Crippen molar-refractivity contribution < 1.29 is 8.42 Å². The monoisotopic (exact) mass is 301 g/mol. The highest BCUT2D eigenvalue weighted by atomic mass is 35.5. The van der Waals surface area contributed by atoms with Crippen molar-refractivity contribution in [3.05, 3.63) is 34.9 Å². The molecule has 0 heterocycles. The highest BCUT2D eigenvalue weighted by molar-refractivity contribution is 7.91. The minimum Gasteiger partial charge on any atom is -0.316 e. The largest absolute Gasteiger partial charge is 0.316 e. The summed E-state index contributed by atoms with van der Waals surface area (Å²) in [5.74, 6) is 0.104. The van der Waals surface area contributed by atoms with Gasteiger partial charge in [0.05, 0.1) is 11.0 Å². The Labute approximate surface area is 120 Å². The highest BCUT2D eigenvalue weighted by Gasteiger charge is 2.34. The maximum Gasteiger partial charge on any atom is 0.158 e. The van der Waals surface area contributed by atoms with Gasteiger partial charge in [-0.15, -0.1) is 0 Å². The molecule has 1 aliphatic carbocycles. The van der Waals surface area contributed by atoms with Gasteiger partial charge >= 0.3 is 0 Å². The summed E-state index contributed by atoms with van der Waals surface area (Å²) in [4.78, 5) is 0. The van der Waals surface area contributed by atoms with Crippen LogP contribution in [0.3, 0.4) is 0 Å². The summed E-state index contributed by atoms with van der Waals surface area (Å²) in [6.07, 6.45) is 3.82. The molecule has 1 fully saturated rings. The topological polar surface area (TPSA) is 46.2 Å². The summed E-state index contributed by atoms with van der Waals surface area (Å²) >= 11 is 5.82. The second-order valence-corrected chi connectivity index (χ2v) is 7.81. The molecular formula is C14H20ClNO2S. The molecule has 0 aliphatic heterocycles. The molecule has 3 nitrogen and oxygen atoms in total. The molecule has 0 aromatic heterocycles. The van der Waals surface area contributed by atoms with Crippen LogP contribution in [0, 0.1) is 0 Å². The molecule has 1 aromatic carbocycles. The van der Waals surface area contributed by atoms with Gasteiger partial charge in [-0.2, -0.15) is 0 Å². The van der Waals surface area contributed by atoms with Crippen LogP contribution in [0.4, 0.5) is 0 Å². The average molecular weight is 302 g/mol. The third-order valence-corrected chi connectivity index (χ3v) is 6.29. The summed E-state index contributed by atoms with van der Waals surface area (Å²) in [5.41, 5.74) is 0.810. The van der Waals surface area contributed by atoms with Crippen molar-refractivity contribution in [1.29, 1.82) is 0 Å². The fraction of sp³-hybridized carbons (Fsp3) is 0.571. The lowest BCUT2D eigenvalue weighted by atomic mass is 9.95. The Morgan fingerprint density at radius 3 is 2.47 bits per heavy atom. The molecule has 5 heteroatoms. The first-order chi connectivity index (χ1) is 9.03. The predicted molar refractivity (Wildman–Crippen MR) is 79.2 cm³/mol. The Morgan fingerprint density at radius 1 is 1.21 bits per heavy atom. The Kier molecular flexibility index (Phi) is 4.87. The van der Waals surface area contributed by atoms with Crippen molar-refractivity contribution in [2.24, 2.45) is 0 Å². The van der Waals surface area contributed by atoms with Crippen LogP contribution < -0.4 is 5.32 Å². The van der Waals surface area contributed by atoms with Crippen molar-refractivity contribution in [1.82, 2.24) is 5.32 Å². The predicted octanol–water partition coefficient (Wildman–Crippen LogP) is 2.79. The van der Waals surface area contributed by atoms with Crippen LogP contribution in [0.25, 0.3) is 0 Å². The Balaban J connectivity index is 2.14. The summed E-state index contributed by atoms with van der Waals surface area (Å²) in [6.45, 7) is 0. The fourth-order valence-corrected chi connectivity index (χ4v) is 5.07. The molecule has 1 saturated carbocycles. The molecule has 0 saturated heterocycles. The van der Waals surface area contributed by atoms with Crippen LogP contribution in [-0.2, 0) is 15.6 Å². The van der Waals surface area contributed by atoms with E-state index in [1.807, 2.05) is 7.05 Å². The molecule has 2 atom stereocenters. The molecule has 1 aromatic rings. The lowest BCUT2D eigenvalue weighted by molar-refractivity contribution is 0.389. The lowest BCUT2D eigenvalue weighted by Gasteiger charge is -2.30. The van der Waals surface area contributed by atoms with E-state index in [1.165, 1.54) is 0 Å².